The molecule has 0 radical (unpaired) electrons. The molecular formula is C109H86N4O2. The zero-order valence-electron chi connectivity index (χ0n) is 65.1. The number of rotatable bonds is 14. The number of anilines is 6. The van der Waals surface area contributed by atoms with Gasteiger partial charge in [-0.1, -0.05) is 277 Å². The summed E-state index contributed by atoms with van der Waals surface area (Å²) < 4.78 is 9.67. The quantitative estimate of drug-likeness (QED) is 0.102. The Kier molecular flexibility index (Phi) is 18.6. The second-order valence-corrected chi connectivity index (χ2v) is 31.4. The number of hydrogen-bond donors (Lipinski definition) is 0. The topological polar surface area (TPSA) is 42.6 Å². The molecule has 21 rings (SSSR count). The van der Waals surface area contributed by atoms with Crippen LogP contribution in [0.4, 0.5) is 34.1 Å². The fraction of sp³-hybridized carbons (Fsp3) is 0.0917. The van der Waals surface area contributed by atoms with Crippen molar-refractivity contribution in [2.24, 2.45) is 0 Å². The van der Waals surface area contributed by atoms with Gasteiger partial charge in [-0.15, -0.1) is 0 Å². The van der Waals surface area contributed by atoms with E-state index in [-0.39, 0.29) is 10.8 Å². The summed E-state index contributed by atoms with van der Waals surface area (Å²) in [6.07, 6.45) is 5.44. The van der Waals surface area contributed by atoms with Crippen LogP contribution < -0.4 is 9.80 Å². The van der Waals surface area contributed by atoms with Crippen LogP contribution in [-0.4, -0.2) is 28.6 Å². The van der Waals surface area contributed by atoms with Crippen LogP contribution in [0.2, 0.25) is 0 Å². The lowest BCUT2D eigenvalue weighted by Gasteiger charge is -2.28. The lowest BCUT2D eigenvalue weighted by molar-refractivity contribution is 0.112. The first-order chi connectivity index (χ1) is 56.4. The third-order valence-electron chi connectivity index (χ3n) is 23.8. The van der Waals surface area contributed by atoms with E-state index >= 15 is 0 Å². The molecule has 0 atom stereocenters. The Labute approximate surface area is 673 Å². The van der Waals surface area contributed by atoms with Crippen molar-refractivity contribution in [2.75, 3.05) is 23.0 Å². The fourth-order valence-corrected chi connectivity index (χ4v) is 17.9. The van der Waals surface area contributed by atoms with E-state index < -0.39 is 0 Å². The molecule has 1 aliphatic heterocycles. The van der Waals surface area contributed by atoms with Crippen LogP contribution >= 0.6 is 0 Å². The Hall–Kier alpha value is -13.9. The highest BCUT2D eigenvalue weighted by Gasteiger charge is 2.38. The highest BCUT2D eigenvalue weighted by atomic mass is 16.5. The summed E-state index contributed by atoms with van der Waals surface area (Å²) in [5.74, 6) is 0. The van der Waals surface area contributed by atoms with Gasteiger partial charge in [-0.2, -0.15) is 0 Å². The first-order valence-electron chi connectivity index (χ1n) is 40.0. The van der Waals surface area contributed by atoms with Crippen molar-refractivity contribution in [3.05, 3.63) is 416 Å². The first kappa shape index (κ1) is 71.4. The molecule has 0 spiro atoms. The molecule has 0 saturated carbocycles. The van der Waals surface area contributed by atoms with E-state index in [1.807, 2.05) is 12.1 Å². The SMILES string of the molecule is C1CCOC1.C=Cc1ccc2c(c1)C(C)(C)c1cc(N(c3ccc(-c4ccccc4)cc3)c3ccc(-c4ccc5c(c4)c4ccccc4n5-c4ccccc4)cc3)ccc1-2.CC1(C)c2cc(C=O)ccc2-c2ccc(N(c3ccc(-c4ccccc4)cc3)c3ccc(-c4ccc5c(c4)c4ccccc4n5-c4ccccc4)cc3)cc21. The van der Waals surface area contributed by atoms with Crippen LogP contribution in [0.1, 0.15) is 78.7 Å². The Balaban J connectivity index is 0.000000145. The molecule has 6 heteroatoms. The standard InChI is InChI=1S/C53H40N2.C52H38N2O.C4H8O/c1-4-36-19-30-45-46-31-29-44(35-50(46)53(2,3)49(45)33-36)54(42-25-20-38(21-26-42)37-13-7-5-8-14-37)43-27-22-39(23-28-43)40-24-32-52-48(34-40)47-17-11-12-18-51(47)55(52)41-15-9-6-10-16-41;1-52(2)48-31-35(34-55)17-28-44(48)45-29-27-43(33-49(45)52)53(41-23-18-37(19-24-41)36-11-5-3-6-12-36)42-25-20-38(21-26-42)39-22-30-51-47(32-39)46-15-9-10-16-50(46)54(51)40-13-7-4-8-14-40;1-2-4-5-3-1/h4-35H,1H2,2-3H3;3-34H,1-2H3;1-4H2. The monoisotopic (exact) mass is 1480 g/mol. The Bertz CT molecular complexity index is 6260. The predicted octanol–water partition coefficient (Wildman–Crippen LogP) is 29.0. The summed E-state index contributed by atoms with van der Waals surface area (Å²) in [6.45, 7) is 15.2. The van der Waals surface area contributed by atoms with Gasteiger partial charge in [-0.25, -0.2) is 0 Å². The summed E-state index contributed by atoms with van der Waals surface area (Å²) in [7, 11) is 0. The molecule has 0 N–H and O–H groups in total. The van der Waals surface area contributed by atoms with Crippen molar-refractivity contribution < 1.29 is 9.53 Å². The molecule has 115 heavy (non-hydrogen) atoms. The van der Waals surface area contributed by atoms with E-state index in [1.54, 1.807) is 0 Å². The number of aromatic nitrogens is 2. The Morgan fingerprint density at radius 2 is 0.583 bits per heavy atom. The van der Waals surface area contributed by atoms with E-state index in [9.17, 15) is 4.79 Å². The minimum atomic E-state index is -0.255. The van der Waals surface area contributed by atoms with Crippen LogP contribution in [0.25, 0.3) is 128 Å². The van der Waals surface area contributed by atoms with Crippen molar-refractivity contribution in [2.45, 2.75) is 51.4 Å². The summed E-state index contributed by atoms with van der Waals surface area (Å²) in [4.78, 5) is 16.5. The maximum absolute atomic E-state index is 11.7. The maximum Gasteiger partial charge on any atom is 0.150 e. The number of aldehydes is 1. The van der Waals surface area contributed by atoms with Gasteiger partial charge in [0.15, 0.2) is 0 Å². The lowest BCUT2D eigenvalue weighted by atomic mass is 9.81. The van der Waals surface area contributed by atoms with Gasteiger partial charge < -0.3 is 23.7 Å². The van der Waals surface area contributed by atoms with E-state index in [2.05, 4.69) is 423 Å². The van der Waals surface area contributed by atoms with Crippen LogP contribution in [0.3, 0.4) is 0 Å². The number of hydrogen-bond acceptors (Lipinski definition) is 4. The molecule has 1 fully saturated rings. The number of para-hydroxylation sites is 4. The van der Waals surface area contributed by atoms with Gasteiger partial charge in [0.25, 0.3) is 0 Å². The molecule has 3 heterocycles. The van der Waals surface area contributed by atoms with E-state index in [1.165, 1.54) is 146 Å². The summed E-state index contributed by atoms with van der Waals surface area (Å²) in [6, 6.07) is 136. The van der Waals surface area contributed by atoms with Gasteiger partial charge in [0.1, 0.15) is 6.29 Å². The van der Waals surface area contributed by atoms with Crippen molar-refractivity contribution in [3.63, 3.8) is 0 Å². The molecule has 0 unspecified atom stereocenters. The molecule has 554 valence electrons. The molecule has 3 aliphatic rings. The van der Waals surface area contributed by atoms with Gasteiger partial charge in [0, 0.05) is 96.7 Å². The van der Waals surface area contributed by atoms with E-state index in [0.717, 1.165) is 70.4 Å². The zero-order valence-corrected chi connectivity index (χ0v) is 65.1. The smallest absolute Gasteiger partial charge is 0.150 e. The van der Waals surface area contributed by atoms with Crippen LogP contribution in [0, 0.1) is 0 Å². The average Bonchev–Trinajstić information content (AvgIpc) is 1.62. The highest BCUT2D eigenvalue weighted by molar-refractivity contribution is 6.12. The zero-order chi connectivity index (χ0) is 77.7. The maximum atomic E-state index is 11.7. The van der Waals surface area contributed by atoms with Crippen molar-refractivity contribution in [3.8, 4) is 78.1 Å². The average molecular weight is 1480 g/mol. The summed E-state index contributed by atoms with van der Waals surface area (Å²) in [5, 5.41) is 4.99. The second kappa shape index (κ2) is 30.0. The van der Waals surface area contributed by atoms with Gasteiger partial charge >= 0.3 is 0 Å². The van der Waals surface area contributed by atoms with Crippen molar-refractivity contribution in [1.82, 2.24) is 9.13 Å². The normalized spacial score (nSPS) is 13.3. The molecule has 0 bridgehead atoms. The fourth-order valence-electron chi connectivity index (χ4n) is 17.9. The molecular weight excluding hydrogens is 1400 g/mol. The predicted molar refractivity (Wildman–Crippen MR) is 483 cm³/mol. The van der Waals surface area contributed by atoms with Crippen molar-refractivity contribution >= 4 is 90.1 Å². The number of carbonyl (C=O) groups excluding carboxylic acids is 1. The largest absolute Gasteiger partial charge is 0.381 e. The first-order valence-corrected chi connectivity index (χ1v) is 40.0. The molecule has 18 aromatic rings. The van der Waals surface area contributed by atoms with E-state index in [0.29, 0.717) is 5.56 Å². The van der Waals surface area contributed by atoms with Crippen molar-refractivity contribution in [1.29, 1.82) is 0 Å². The second-order valence-electron chi connectivity index (χ2n) is 31.4. The number of carbonyl (C=O) groups is 1. The third-order valence-corrected chi connectivity index (χ3v) is 23.8. The highest BCUT2D eigenvalue weighted by Crippen LogP contribution is 2.54. The van der Waals surface area contributed by atoms with E-state index in [4.69, 9.17) is 4.74 Å². The molecule has 6 nitrogen and oxygen atoms in total. The minimum Gasteiger partial charge on any atom is -0.381 e. The van der Waals surface area contributed by atoms with Gasteiger partial charge in [-0.05, 0) is 247 Å². The molecule has 1 saturated heterocycles. The minimum absolute atomic E-state index is 0.144. The Morgan fingerprint density at radius 1 is 0.287 bits per heavy atom. The van der Waals surface area contributed by atoms with Crippen LogP contribution in [-0.2, 0) is 15.6 Å². The molecule has 2 aliphatic carbocycles. The molecule has 16 aromatic carbocycles. The summed E-state index contributed by atoms with van der Waals surface area (Å²) >= 11 is 0. The summed E-state index contributed by atoms with van der Waals surface area (Å²) in [5.41, 5.74) is 34.9. The van der Waals surface area contributed by atoms with Crippen LogP contribution in [0.5, 0.6) is 0 Å². The van der Waals surface area contributed by atoms with Gasteiger partial charge in [0.05, 0.1) is 22.1 Å². The number of nitrogens with zero attached hydrogens (tertiary/aromatic N) is 4. The number of ether oxygens (including phenoxy) is 1. The number of fused-ring (bicyclic) bond motifs is 12. The lowest BCUT2D eigenvalue weighted by Crippen LogP contribution is -2.17. The van der Waals surface area contributed by atoms with Gasteiger partial charge in [-0.3, -0.25) is 4.79 Å². The van der Waals surface area contributed by atoms with Crippen LogP contribution in [0.15, 0.2) is 383 Å². The van der Waals surface area contributed by atoms with Gasteiger partial charge in [0.2, 0.25) is 0 Å². The molecule has 0 amide bonds. The number of benzene rings is 16. The molecule has 2 aromatic heterocycles. The third kappa shape index (κ3) is 13.1. The Morgan fingerprint density at radius 3 is 0.948 bits per heavy atom.